The fraction of sp³-hybridized carbons (Fsp3) is 0.200. The summed E-state index contributed by atoms with van der Waals surface area (Å²) < 4.78 is 32.6. The second-order valence-corrected chi connectivity index (χ2v) is 5.18. The van der Waals surface area contributed by atoms with Gasteiger partial charge in [0.15, 0.2) is 11.6 Å². The molecule has 106 valence electrons. The lowest BCUT2D eigenvalue weighted by atomic mass is 10.0. The summed E-state index contributed by atoms with van der Waals surface area (Å²) >= 11 is 3.04. The van der Waals surface area contributed by atoms with Crippen molar-refractivity contribution >= 4 is 15.9 Å². The molecule has 20 heavy (non-hydrogen) atoms. The van der Waals surface area contributed by atoms with Crippen LogP contribution in [0.2, 0.25) is 0 Å². The highest BCUT2D eigenvalue weighted by molar-refractivity contribution is 9.10. The van der Waals surface area contributed by atoms with Crippen LogP contribution in [0.1, 0.15) is 17.2 Å². The average molecular weight is 343 g/mol. The maximum absolute atomic E-state index is 14.0. The summed E-state index contributed by atoms with van der Waals surface area (Å²) in [5, 5.41) is 10.1. The first kappa shape index (κ1) is 14.9. The van der Waals surface area contributed by atoms with E-state index in [9.17, 15) is 13.9 Å². The van der Waals surface area contributed by atoms with Crippen LogP contribution >= 0.6 is 15.9 Å². The predicted octanol–water partition coefficient (Wildman–Crippen LogP) is 4.01. The highest BCUT2D eigenvalue weighted by atomic mass is 79.9. The van der Waals surface area contributed by atoms with Crippen molar-refractivity contribution in [3.63, 3.8) is 0 Å². The van der Waals surface area contributed by atoms with Crippen molar-refractivity contribution < 1.29 is 18.6 Å². The number of halogens is 3. The summed E-state index contributed by atoms with van der Waals surface area (Å²) in [6, 6.07) is 9.05. The van der Waals surface area contributed by atoms with E-state index in [0.29, 0.717) is 15.6 Å². The van der Waals surface area contributed by atoms with Gasteiger partial charge in [-0.05, 0) is 45.3 Å². The number of hydrogen-bond acceptors (Lipinski definition) is 2. The van der Waals surface area contributed by atoms with E-state index in [2.05, 4.69) is 15.9 Å². The standard InChI is InChI=1S/C15H13BrF2O2/c1-20-14-4-2-3-10(15(14)18)8-13(19)9-5-6-11(16)12(17)7-9/h2-7,13,19H,8H2,1H3. The smallest absolute Gasteiger partial charge is 0.168 e. The molecule has 2 rings (SSSR count). The molecule has 1 atom stereocenters. The third-order valence-corrected chi connectivity index (χ3v) is 3.65. The van der Waals surface area contributed by atoms with Crippen LogP contribution in [-0.4, -0.2) is 12.2 Å². The molecule has 1 N–H and O–H groups in total. The van der Waals surface area contributed by atoms with Crippen LogP contribution < -0.4 is 4.74 Å². The summed E-state index contributed by atoms with van der Waals surface area (Å²) in [6.07, 6.45) is -0.941. The topological polar surface area (TPSA) is 29.5 Å². The quantitative estimate of drug-likeness (QED) is 0.909. The van der Waals surface area contributed by atoms with Gasteiger partial charge >= 0.3 is 0 Å². The SMILES string of the molecule is COc1cccc(CC(O)c2ccc(Br)c(F)c2)c1F. The van der Waals surface area contributed by atoms with Crippen LogP contribution in [0.5, 0.6) is 5.75 Å². The Morgan fingerprint density at radius 2 is 2.00 bits per heavy atom. The third-order valence-electron chi connectivity index (χ3n) is 3.00. The van der Waals surface area contributed by atoms with Crippen molar-refractivity contribution in [1.82, 2.24) is 0 Å². The molecule has 0 radical (unpaired) electrons. The van der Waals surface area contributed by atoms with Gasteiger partial charge in [-0.25, -0.2) is 8.78 Å². The number of benzene rings is 2. The fourth-order valence-electron chi connectivity index (χ4n) is 1.92. The number of rotatable bonds is 4. The normalized spacial score (nSPS) is 12.2. The Morgan fingerprint density at radius 1 is 1.25 bits per heavy atom. The molecular weight excluding hydrogens is 330 g/mol. The number of ether oxygens (including phenoxy) is 1. The Morgan fingerprint density at radius 3 is 2.65 bits per heavy atom. The van der Waals surface area contributed by atoms with Crippen LogP contribution in [0.25, 0.3) is 0 Å². The fourth-order valence-corrected chi connectivity index (χ4v) is 2.16. The number of methoxy groups -OCH3 is 1. The summed E-state index contributed by atoms with van der Waals surface area (Å²) in [5.74, 6) is -0.851. The molecule has 0 saturated carbocycles. The van der Waals surface area contributed by atoms with Crippen molar-refractivity contribution in [3.8, 4) is 5.75 Å². The van der Waals surface area contributed by atoms with Crippen molar-refractivity contribution in [2.24, 2.45) is 0 Å². The van der Waals surface area contributed by atoms with Crippen molar-refractivity contribution in [2.45, 2.75) is 12.5 Å². The monoisotopic (exact) mass is 342 g/mol. The summed E-state index contributed by atoms with van der Waals surface area (Å²) in [4.78, 5) is 0. The van der Waals surface area contributed by atoms with Crippen molar-refractivity contribution in [3.05, 3.63) is 63.6 Å². The molecule has 0 aromatic heterocycles. The summed E-state index contributed by atoms with van der Waals surface area (Å²) in [6.45, 7) is 0. The molecule has 0 saturated heterocycles. The molecule has 0 aliphatic rings. The van der Waals surface area contributed by atoms with Gasteiger partial charge in [-0.2, -0.15) is 0 Å². The van der Waals surface area contributed by atoms with Crippen LogP contribution in [0.4, 0.5) is 8.78 Å². The van der Waals surface area contributed by atoms with Gasteiger partial charge in [-0.3, -0.25) is 0 Å². The van der Waals surface area contributed by atoms with Crippen LogP contribution in [0.3, 0.4) is 0 Å². The zero-order chi connectivity index (χ0) is 14.7. The lowest BCUT2D eigenvalue weighted by Gasteiger charge is -2.13. The van der Waals surface area contributed by atoms with E-state index >= 15 is 0 Å². The second-order valence-electron chi connectivity index (χ2n) is 4.33. The molecule has 2 aromatic rings. The minimum atomic E-state index is -0.987. The molecule has 0 amide bonds. The molecule has 1 unspecified atom stereocenters. The van der Waals surface area contributed by atoms with Crippen molar-refractivity contribution in [1.29, 1.82) is 0 Å². The number of aliphatic hydroxyl groups excluding tert-OH is 1. The van der Waals surface area contributed by atoms with Crippen molar-refractivity contribution in [2.75, 3.05) is 7.11 Å². The maximum atomic E-state index is 14.0. The van der Waals surface area contributed by atoms with E-state index in [0.717, 1.165) is 0 Å². The Balaban J connectivity index is 2.23. The maximum Gasteiger partial charge on any atom is 0.168 e. The lowest BCUT2D eigenvalue weighted by molar-refractivity contribution is 0.176. The number of aliphatic hydroxyl groups is 1. The van der Waals surface area contributed by atoms with Gasteiger partial charge in [-0.15, -0.1) is 0 Å². The minimum Gasteiger partial charge on any atom is -0.494 e. The van der Waals surface area contributed by atoms with Gasteiger partial charge in [0.1, 0.15) is 5.82 Å². The largest absolute Gasteiger partial charge is 0.494 e. The van der Waals surface area contributed by atoms with Crippen LogP contribution in [0, 0.1) is 11.6 Å². The van der Waals surface area contributed by atoms with E-state index in [-0.39, 0.29) is 12.2 Å². The van der Waals surface area contributed by atoms with Gasteiger partial charge < -0.3 is 9.84 Å². The van der Waals surface area contributed by atoms with Gasteiger partial charge in [-0.1, -0.05) is 18.2 Å². The van der Waals surface area contributed by atoms with Crippen LogP contribution in [-0.2, 0) is 6.42 Å². The zero-order valence-electron chi connectivity index (χ0n) is 10.7. The summed E-state index contributed by atoms with van der Waals surface area (Å²) in [5.41, 5.74) is 0.716. The van der Waals surface area contributed by atoms with E-state index < -0.39 is 17.7 Å². The first-order valence-electron chi connectivity index (χ1n) is 5.97. The highest BCUT2D eigenvalue weighted by Gasteiger charge is 2.15. The molecule has 2 nitrogen and oxygen atoms in total. The third kappa shape index (κ3) is 3.16. The molecule has 0 aliphatic carbocycles. The summed E-state index contributed by atoms with van der Waals surface area (Å²) in [7, 11) is 1.38. The van der Waals surface area contributed by atoms with E-state index in [1.165, 1.54) is 25.3 Å². The molecule has 2 aromatic carbocycles. The predicted molar refractivity (Wildman–Crippen MR) is 75.7 cm³/mol. The Hall–Kier alpha value is -1.46. The van der Waals surface area contributed by atoms with E-state index in [1.54, 1.807) is 18.2 Å². The lowest BCUT2D eigenvalue weighted by Crippen LogP contribution is -2.05. The second kappa shape index (κ2) is 6.33. The van der Waals surface area contributed by atoms with Gasteiger partial charge in [0.25, 0.3) is 0 Å². The molecule has 0 spiro atoms. The molecular formula is C15H13BrF2O2. The Labute approximate surface area is 124 Å². The number of hydrogen-bond donors (Lipinski definition) is 1. The molecule has 0 heterocycles. The molecule has 0 aliphatic heterocycles. The highest BCUT2D eigenvalue weighted by Crippen LogP contribution is 2.26. The molecule has 0 fully saturated rings. The van der Waals surface area contributed by atoms with Gasteiger partial charge in [0, 0.05) is 6.42 Å². The zero-order valence-corrected chi connectivity index (χ0v) is 12.3. The molecule has 0 bridgehead atoms. The van der Waals surface area contributed by atoms with Gasteiger partial charge in [0.2, 0.25) is 0 Å². The van der Waals surface area contributed by atoms with E-state index in [1.807, 2.05) is 0 Å². The molecule has 5 heteroatoms. The first-order valence-corrected chi connectivity index (χ1v) is 6.76. The first-order chi connectivity index (χ1) is 9.52. The average Bonchev–Trinajstić information content (AvgIpc) is 2.44. The minimum absolute atomic E-state index is 0.0457. The van der Waals surface area contributed by atoms with Gasteiger partial charge in [0.05, 0.1) is 17.7 Å². The Bertz CT molecular complexity index is 617. The van der Waals surface area contributed by atoms with E-state index in [4.69, 9.17) is 4.74 Å². The van der Waals surface area contributed by atoms with Crippen LogP contribution in [0.15, 0.2) is 40.9 Å². The Kier molecular flexibility index (Phi) is 4.73.